The Bertz CT molecular complexity index is 623. The van der Waals surface area contributed by atoms with Crippen molar-refractivity contribution in [3.05, 3.63) is 24.3 Å². The van der Waals surface area contributed by atoms with Crippen LogP contribution in [0.3, 0.4) is 0 Å². The van der Waals surface area contributed by atoms with Gasteiger partial charge >= 0.3 is 0 Å². The lowest BCUT2D eigenvalue weighted by molar-refractivity contribution is 0.468. The first-order chi connectivity index (χ1) is 8.19. The van der Waals surface area contributed by atoms with E-state index in [-0.39, 0.29) is 9.79 Å². The summed E-state index contributed by atoms with van der Waals surface area (Å²) in [5, 5.41) is 4.97. The van der Waals surface area contributed by atoms with Gasteiger partial charge in [-0.1, -0.05) is 13.0 Å². The van der Waals surface area contributed by atoms with Crippen molar-refractivity contribution in [2.24, 2.45) is 5.14 Å². The first-order valence-corrected chi connectivity index (χ1v) is 8.27. The van der Waals surface area contributed by atoms with Gasteiger partial charge in [-0.3, -0.25) is 0 Å². The SMILES string of the molecule is CCCN(C)S(=O)(=O)c1cccc(S(N)(=O)=O)c1. The van der Waals surface area contributed by atoms with Gasteiger partial charge in [-0.2, -0.15) is 0 Å². The zero-order valence-corrected chi connectivity index (χ0v) is 11.8. The molecule has 0 aromatic heterocycles. The van der Waals surface area contributed by atoms with E-state index in [0.717, 1.165) is 6.07 Å². The highest BCUT2D eigenvalue weighted by Crippen LogP contribution is 2.18. The Balaban J connectivity index is 3.27. The third-order valence-corrected chi connectivity index (χ3v) is 5.14. The van der Waals surface area contributed by atoms with Gasteiger partial charge in [-0.25, -0.2) is 26.3 Å². The Morgan fingerprint density at radius 3 is 2.22 bits per heavy atom. The number of hydrogen-bond donors (Lipinski definition) is 1. The van der Waals surface area contributed by atoms with Gasteiger partial charge in [0.05, 0.1) is 9.79 Å². The van der Waals surface area contributed by atoms with Gasteiger partial charge in [0.1, 0.15) is 0 Å². The minimum absolute atomic E-state index is 0.0787. The lowest BCUT2D eigenvalue weighted by atomic mass is 10.4. The summed E-state index contributed by atoms with van der Waals surface area (Å²) in [7, 11) is -6.13. The molecule has 0 bridgehead atoms. The second kappa shape index (κ2) is 5.35. The number of primary sulfonamides is 1. The van der Waals surface area contributed by atoms with E-state index in [2.05, 4.69) is 0 Å². The highest BCUT2D eigenvalue weighted by molar-refractivity contribution is 7.90. The monoisotopic (exact) mass is 292 g/mol. The number of benzene rings is 1. The van der Waals surface area contributed by atoms with Gasteiger partial charge in [-0.15, -0.1) is 0 Å². The van der Waals surface area contributed by atoms with E-state index in [1.807, 2.05) is 6.92 Å². The molecule has 0 fully saturated rings. The quantitative estimate of drug-likeness (QED) is 0.847. The van der Waals surface area contributed by atoms with Crippen molar-refractivity contribution in [2.45, 2.75) is 23.1 Å². The Kier molecular flexibility index (Phi) is 4.49. The molecule has 6 nitrogen and oxygen atoms in total. The number of rotatable bonds is 5. The summed E-state index contributed by atoms with van der Waals surface area (Å²) in [6.07, 6.45) is 0.671. The first kappa shape index (κ1) is 15.1. The van der Waals surface area contributed by atoms with Crippen LogP contribution in [0.4, 0.5) is 0 Å². The van der Waals surface area contributed by atoms with E-state index in [1.165, 1.54) is 29.6 Å². The van der Waals surface area contributed by atoms with Crippen LogP contribution in [0.25, 0.3) is 0 Å². The van der Waals surface area contributed by atoms with Crippen molar-refractivity contribution in [3.63, 3.8) is 0 Å². The maximum atomic E-state index is 12.1. The molecule has 0 unspecified atom stereocenters. The third kappa shape index (κ3) is 3.29. The molecule has 0 amide bonds. The van der Waals surface area contributed by atoms with Crippen LogP contribution in [0.5, 0.6) is 0 Å². The predicted molar refractivity (Wildman–Crippen MR) is 67.9 cm³/mol. The van der Waals surface area contributed by atoms with E-state index in [0.29, 0.717) is 13.0 Å². The Hall–Kier alpha value is -0.960. The second-order valence-corrected chi connectivity index (χ2v) is 7.45. The predicted octanol–water partition coefficient (Wildman–Crippen LogP) is 0.365. The molecule has 2 N–H and O–H groups in total. The van der Waals surface area contributed by atoms with Crippen LogP contribution in [-0.4, -0.2) is 34.7 Å². The largest absolute Gasteiger partial charge is 0.242 e. The fourth-order valence-electron chi connectivity index (χ4n) is 1.43. The fourth-order valence-corrected chi connectivity index (χ4v) is 3.37. The zero-order chi connectivity index (χ0) is 14.0. The van der Waals surface area contributed by atoms with Crippen molar-refractivity contribution >= 4 is 20.0 Å². The van der Waals surface area contributed by atoms with Crippen LogP contribution >= 0.6 is 0 Å². The highest BCUT2D eigenvalue weighted by atomic mass is 32.2. The van der Waals surface area contributed by atoms with Crippen LogP contribution in [-0.2, 0) is 20.0 Å². The van der Waals surface area contributed by atoms with Crippen molar-refractivity contribution in [1.29, 1.82) is 0 Å². The van der Waals surface area contributed by atoms with Crippen LogP contribution < -0.4 is 5.14 Å². The van der Waals surface area contributed by atoms with Crippen molar-refractivity contribution < 1.29 is 16.8 Å². The molecule has 1 aromatic rings. The van der Waals surface area contributed by atoms with E-state index in [4.69, 9.17) is 5.14 Å². The highest BCUT2D eigenvalue weighted by Gasteiger charge is 2.21. The summed E-state index contributed by atoms with van der Waals surface area (Å²) in [4.78, 5) is -0.293. The van der Waals surface area contributed by atoms with Crippen LogP contribution in [0.15, 0.2) is 34.1 Å². The standard InChI is InChI=1S/C10H16N2O4S2/c1-3-7-12(2)18(15,16)10-6-4-5-9(8-10)17(11,13)14/h4-6,8H,3,7H2,1-2H3,(H2,11,13,14). The number of sulfonamides is 2. The number of hydrogen-bond acceptors (Lipinski definition) is 4. The number of nitrogens with zero attached hydrogens (tertiary/aromatic N) is 1. The molecule has 0 radical (unpaired) electrons. The topological polar surface area (TPSA) is 97.5 Å². The number of nitrogens with two attached hydrogens (primary N) is 1. The minimum Gasteiger partial charge on any atom is -0.225 e. The molecule has 0 saturated heterocycles. The summed E-state index contributed by atoms with van der Waals surface area (Å²) in [5.41, 5.74) is 0. The van der Waals surface area contributed by atoms with Crippen LogP contribution in [0.1, 0.15) is 13.3 Å². The van der Waals surface area contributed by atoms with Gasteiger partial charge in [0.2, 0.25) is 20.0 Å². The molecule has 0 spiro atoms. The molecule has 0 aliphatic rings. The van der Waals surface area contributed by atoms with Crippen molar-refractivity contribution in [3.8, 4) is 0 Å². The van der Waals surface area contributed by atoms with E-state index < -0.39 is 20.0 Å². The molecule has 1 aromatic carbocycles. The maximum Gasteiger partial charge on any atom is 0.242 e. The van der Waals surface area contributed by atoms with E-state index in [1.54, 1.807) is 0 Å². The Labute approximate surface area is 108 Å². The second-order valence-electron chi connectivity index (χ2n) is 3.85. The molecule has 0 heterocycles. The average molecular weight is 292 g/mol. The normalized spacial score (nSPS) is 12.9. The summed E-state index contributed by atoms with van der Waals surface area (Å²) in [6.45, 7) is 2.22. The lowest BCUT2D eigenvalue weighted by Gasteiger charge is -2.16. The molecular formula is C10H16N2O4S2. The average Bonchev–Trinajstić information content (AvgIpc) is 2.28. The Morgan fingerprint density at radius 1 is 1.17 bits per heavy atom. The van der Waals surface area contributed by atoms with Crippen LogP contribution in [0.2, 0.25) is 0 Å². The molecule has 18 heavy (non-hydrogen) atoms. The molecule has 0 saturated carbocycles. The summed E-state index contributed by atoms with van der Waals surface area (Å²) in [6, 6.07) is 5.02. The maximum absolute atomic E-state index is 12.1. The smallest absolute Gasteiger partial charge is 0.225 e. The minimum atomic E-state index is -3.91. The fraction of sp³-hybridized carbons (Fsp3) is 0.400. The molecule has 102 valence electrons. The van der Waals surface area contributed by atoms with Crippen molar-refractivity contribution in [1.82, 2.24) is 4.31 Å². The van der Waals surface area contributed by atoms with Gasteiger partial charge in [-0.05, 0) is 24.6 Å². The zero-order valence-electron chi connectivity index (χ0n) is 10.2. The summed E-state index contributed by atoms with van der Waals surface area (Å²) in [5.74, 6) is 0. The third-order valence-electron chi connectivity index (χ3n) is 2.38. The van der Waals surface area contributed by atoms with Gasteiger partial charge in [0.25, 0.3) is 0 Å². The molecule has 8 heteroatoms. The molecular weight excluding hydrogens is 276 g/mol. The molecule has 1 rings (SSSR count). The van der Waals surface area contributed by atoms with E-state index in [9.17, 15) is 16.8 Å². The van der Waals surface area contributed by atoms with Gasteiger partial charge < -0.3 is 0 Å². The van der Waals surface area contributed by atoms with Gasteiger partial charge in [0.15, 0.2) is 0 Å². The van der Waals surface area contributed by atoms with E-state index >= 15 is 0 Å². The first-order valence-electron chi connectivity index (χ1n) is 5.29. The summed E-state index contributed by atoms with van der Waals surface area (Å²) < 4.78 is 47.7. The molecule has 0 aliphatic heterocycles. The molecule has 0 atom stereocenters. The lowest BCUT2D eigenvalue weighted by Crippen LogP contribution is -2.27. The Morgan fingerprint density at radius 2 is 1.72 bits per heavy atom. The molecule has 0 aliphatic carbocycles. The van der Waals surface area contributed by atoms with Crippen LogP contribution in [0, 0.1) is 0 Å². The van der Waals surface area contributed by atoms with Crippen molar-refractivity contribution in [2.75, 3.05) is 13.6 Å². The van der Waals surface area contributed by atoms with Gasteiger partial charge in [0, 0.05) is 13.6 Å². The summed E-state index contributed by atoms with van der Waals surface area (Å²) >= 11 is 0.